The van der Waals surface area contributed by atoms with E-state index in [2.05, 4.69) is 24.1 Å². The van der Waals surface area contributed by atoms with Crippen LogP contribution in [-0.4, -0.2) is 61.5 Å². The van der Waals surface area contributed by atoms with Crippen LogP contribution >= 0.6 is 0 Å². The van der Waals surface area contributed by atoms with Gasteiger partial charge in [-0.3, -0.25) is 0 Å². The zero-order valence-electron chi connectivity index (χ0n) is 11.5. The highest BCUT2D eigenvalue weighted by molar-refractivity contribution is 4.91. The minimum atomic E-state index is -0.288. The van der Waals surface area contributed by atoms with Gasteiger partial charge >= 0.3 is 0 Å². The largest absolute Gasteiger partial charge is 0.390 e. The number of aliphatic hydroxyl groups excluding tert-OH is 1. The number of likely N-dealkylation sites (N-methyl/N-ethyl adjacent to an activating group) is 1. The Labute approximate surface area is 105 Å². The van der Waals surface area contributed by atoms with E-state index in [0.29, 0.717) is 6.54 Å². The average molecular weight is 244 g/mol. The minimum absolute atomic E-state index is 0.0505. The van der Waals surface area contributed by atoms with Crippen LogP contribution in [0.15, 0.2) is 0 Å². The van der Waals surface area contributed by atoms with Gasteiger partial charge in [0, 0.05) is 26.7 Å². The van der Waals surface area contributed by atoms with Crippen LogP contribution in [-0.2, 0) is 4.74 Å². The van der Waals surface area contributed by atoms with Gasteiger partial charge in [-0.25, -0.2) is 0 Å². The van der Waals surface area contributed by atoms with Gasteiger partial charge in [-0.1, -0.05) is 13.8 Å². The normalized spacial score (nSPS) is 20.3. The Bertz CT molecular complexity index is 198. The highest BCUT2D eigenvalue weighted by atomic mass is 16.5. The van der Waals surface area contributed by atoms with Gasteiger partial charge in [0.25, 0.3) is 0 Å². The third kappa shape index (κ3) is 4.54. The molecular formula is C13H28N2O2. The summed E-state index contributed by atoms with van der Waals surface area (Å²) in [4.78, 5) is 2.24. The zero-order chi connectivity index (χ0) is 12.7. The summed E-state index contributed by atoms with van der Waals surface area (Å²) in [6.07, 6.45) is 3.26. The molecule has 0 aromatic carbocycles. The van der Waals surface area contributed by atoms with Crippen molar-refractivity contribution in [3.63, 3.8) is 0 Å². The lowest BCUT2D eigenvalue weighted by molar-refractivity contribution is -0.0705. The first-order valence-electron chi connectivity index (χ1n) is 6.82. The molecule has 1 aliphatic carbocycles. The maximum atomic E-state index is 9.90. The molecule has 0 heterocycles. The molecule has 1 saturated carbocycles. The second kappa shape index (κ2) is 7.31. The molecular weight excluding hydrogens is 216 g/mol. The minimum Gasteiger partial charge on any atom is -0.390 e. The molecule has 4 heteroatoms. The molecule has 4 nitrogen and oxygen atoms in total. The molecule has 0 aromatic rings. The lowest BCUT2D eigenvalue weighted by atomic mass is 9.80. The van der Waals surface area contributed by atoms with Crippen LogP contribution in [0.1, 0.15) is 33.1 Å². The second-order valence-corrected chi connectivity index (χ2v) is 5.01. The van der Waals surface area contributed by atoms with Crippen LogP contribution in [0.25, 0.3) is 0 Å². The Balaban J connectivity index is 2.13. The molecule has 1 rings (SSSR count). The summed E-state index contributed by atoms with van der Waals surface area (Å²) in [5, 5.41) is 13.2. The standard InChI is InChI=1S/C13H28N2O2/c1-4-15(5-2)10-12(16)9-14-11-13(17-3)7-6-8-13/h12,14,16H,4-11H2,1-3H3. The van der Waals surface area contributed by atoms with E-state index in [9.17, 15) is 5.11 Å². The molecule has 1 aliphatic rings. The molecule has 0 amide bonds. The van der Waals surface area contributed by atoms with Gasteiger partial charge in [0.2, 0.25) is 0 Å². The van der Waals surface area contributed by atoms with Crippen LogP contribution < -0.4 is 5.32 Å². The predicted octanol–water partition coefficient (Wildman–Crippen LogP) is 0.848. The van der Waals surface area contributed by atoms with Gasteiger partial charge < -0.3 is 20.1 Å². The molecule has 1 fully saturated rings. The van der Waals surface area contributed by atoms with Crippen molar-refractivity contribution >= 4 is 0 Å². The second-order valence-electron chi connectivity index (χ2n) is 5.01. The maximum Gasteiger partial charge on any atom is 0.0802 e. The summed E-state index contributed by atoms with van der Waals surface area (Å²) in [5.74, 6) is 0. The number of hydrogen-bond donors (Lipinski definition) is 2. The maximum absolute atomic E-state index is 9.90. The highest BCUT2D eigenvalue weighted by Gasteiger charge is 2.36. The molecule has 2 N–H and O–H groups in total. The molecule has 0 saturated heterocycles. The summed E-state index contributed by atoms with van der Waals surface area (Å²) in [5.41, 5.74) is 0.0505. The van der Waals surface area contributed by atoms with Gasteiger partial charge in [0.05, 0.1) is 11.7 Å². The smallest absolute Gasteiger partial charge is 0.0802 e. The first-order chi connectivity index (χ1) is 8.15. The first-order valence-corrected chi connectivity index (χ1v) is 6.82. The van der Waals surface area contributed by atoms with Crippen molar-refractivity contribution in [1.29, 1.82) is 0 Å². The predicted molar refractivity (Wildman–Crippen MR) is 70.3 cm³/mol. The molecule has 1 atom stereocenters. The van der Waals surface area contributed by atoms with Crippen molar-refractivity contribution < 1.29 is 9.84 Å². The van der Waals surface area contributed by atoms with Crippen molar-refractivity contribution in [1.82, 2.24) is 10.2 Å². The first kappa shape index (κ1) is 14.9. The fourth-order valence-electron chi connectivity index (χ4n) is 2.34. The number of methoxy groups -OCH3 is 1. The van der Waals surface area contributed by atoms with Crippen LogP contribution in [0.4, 0.5) is 0 Å². The molecule has 17 heavy (non-hydrogen) atoms. The third-order valence-electron chi connectivity index (χ3n) is 3.89. The Hall–Kier alpha value is -0.160. The Morgan fingerprint density at radius 2 is 2.00 bits per heavy atom. The lowest BCUT2D eigenvalue weighted by Gasteiger charge is -2.40. The highest BCUT2D eigenvalue weighted by Crippen LogP contribution is 2.34. The summed E-state index contributed by atoms with van der Waals surface area (Å²) in [6.45, 7) is 8.50. The summed E-state index contributed by atoms with van der Waals surface area (Å²) >= 11 is 0. The SMILES string of the molecule is CCN(CC)CC(O)CNCC1(OC)CCC1. The molecule has 0 aromatic heterocycles. The van der Waals surface area contributed by atoms with E-state index >= 15 is 0 Å². The van der Waals surface area contributed by atoms with Crippen molar-refractivity contribution in [2.24, 2.45) is 0 Å². The molecule has 102 valence electrons. The summed E-state index contributed by atoms with van der Waals surface area (Å²) in [6, 6.07) is 0. The lowest BCUT2D eigenvalue weighted by Crippen LogP contribution is -2.50. The van der Waals surface area contributed by atoms with E-state index in [4.69, 9.17) is 4.74 Å². The Morgan fingerprint density at radius 3 is 2.41 bits per heavy atom. The van der Waals surface area contributed by atoms with E-state index < -0.39 is 0 Å². The average Bonchev–Trinajstić information content (AvgIpc) is 2.29. The van der Waals surface area contributed by atoms with E-state index in [1.807, 2.05) is 0 Å². The third-order valence-corrected chi connectivity index (χ3v) is 3.89. The van der Waals surface area contributed by atoms with Crippen LogP contribution in [0, 0.1) is 0 Å². The van der Waals surface area contributed by atoms with E-state index in [0.717, 1.165) is 39.0 Å². The monoisotopic (exact) mass is 244 g/mol. The van der Waals surface area contributed by atoms with Gasteiger partial charge in [0.1, 0.15) is 0 Å². The van der Waals surface area contributed by atoms with Gasteiger partial charge in [-0.2, -0.15) is 0 Å². The number of rotatable bonds is 9. The molecule has 0 radical (unpaired) electrons. The molecule has 0 bridgehead atoms. The van der Waals surface area contributed by atoms with Crippen molar-refractivity contribution in [2.75, 3.05) is 39.8 Å². The zero-order valence-corrected chi connectivity index (χ0v) is 11.5. The van der Waals surface area contributed by atoms with E-state index in [1.54, 1.807) is 7.11 Å². The molecule has 0 aliphatic heterocycles. The van der Waals surface area contributed by atoms with Gasteiger partial charge in [-0.05, 0) is 32.4 Å². The van der Waals surface area contributed by atoms with Crippen LogP contribution in [0.2, 0.25) is 0 Å². The number of ether oxygens (including phenoxy) is 1. The fourth-order valence-corrected chi connectivity index (χ4v) is 2.34. The Kier molecular flexibility index (Phi) is 6.41. The number of hydrogen-bond acceptors (Lipinski definition) is 4. The fraction of sp³-hybridized carbons (Fsp3) is 1.00. The Morgan fingerprint density at radius 1 is 1.35 bits per heavy atom. The quantitative estimate of drug-likeness (QED) is 0.631. The molecule has 0 spiro atoms. The van der Waals surface area contributed by atoms with Crippen molar-refractivity contribution in [3.8, 4) is 0 Å². The van der Waals surface area contributed by atoms with Crippen LogP contribution in [0.3, 0.4) is 0 Å². The summed E-state index contributed by atoms with van der Waals surface area (Å²) < 4.78 is 5.52. The van der Waals surface area contributed by atoms with Crippen molar-refractivity contribution in [3.05, 3.63) is 0 Å². The number of nitrogens with one attached hydrogen (secondary N) is 1. The topological polar surface area (TPSA) is 44.7 Å². The van der Waals surface area contributed by atoms with Crippen molar-refractivity contribution in [2.45, 2.75) is 44.8 Å². The number of nitrogens with zero attached hydrogens (tertiary/aromatic N) is 1. The van der Waals surface area contributed by atoms with Crippen LogP contribution in [0.5, 0.6) is 0 Å². The molecule has 1 unspecified atom stereocenters. The summed E-state index contributed by atoms with van der Waals surface area (Å²) in [7, 11) is 1.78. The van der Waals surface area contributed by atoms with E-state index in [1.165, 1.54) is 6.42 Å². The van der Waals surface area contributed by atoms with E-state index in [-0.39, 0.29) is 11.7 Å². The van der Waals surface area contributed by atoms with Gasteiger partial charge in [0.15, 0.2) is 0 Å². The van der Waals surface area contributed by atoms with Gasteiger partial charge in [-0.15, -0.1) is 0 Å². The number of aliphatic hydroxyl groups is 1.